The predicted octanol–water partition coefficient (Wildman–Crippen LogP) is 3.34. The molecule has 0 fully saturated rings. The van der Waals surface area contributed by atoms with Gasteiger partial charge in [-0.3, -0.25) is 10.1 Å². The second-order valence-corrected chi connectivity index (χ2v) is 4.55. The fourth-order valence-electron chi connectivity index (χ4n) is 1.67. The van der Waals surface area contributed by atoms with E-state index in [0.717, 1.165) is 0 Å². The second kappa shape index (κ2) is 7.68. The molecule has 0 saturated heterocycles. The molecule has 124 valence electrons. The highest BCUT2D eigenvalue weighted by Gasteiger charge is 2.10. The topological polar surface area (TPSA) is 125 Å². The summed E-state index contributed by atoms with van der Waals surface area (Å²) in [6.07, 6.45) is -0.695. The van der Waals surface area contributed by atoms with Gasteiger partial charge in [0.1, 0.15) is 22.9 Å². The molecule has 1 aromatic carbocycles. The Morgan fingerprint density at radius 3 is 2.46 bits per heavy atom. The minimum atomic E-state index is -0.695. The summed E-state index contributed by atoms with van der Waals surface area (Å²) in [6.45, 7) is 1.31. The molecule has 2 rings (SSSR count). The third-order valence-corrected chi connectivity index (χ3v) is 2.73. The van der Waals surface area contributed by atoms with Gasteiger partial charge in [-0.05, 0) is 24.3 Å². The fraction of sp³-hybridized carbons (Fsp3) is 0.133. The normalized spacial score (nSPS) is 10.4. The quantitative estimate of drug-likeness (QED) is 0.742. The highest BCUT2D eigenvalue weighted by Crippen LogP contribution is 2.30. The molecule has 0 aliphatic carbocycles. The lowest BCUT2D eigenvalue weighted by Gasteiger charge is -2.08. The van der Waals surface area contributed by atoms with Crippen LogP contribution in [0.25, 0.3) is 0 Å². The number of aromatic nitrogens is 1. The molecule has 0 bridgehead atoms. The van der Waals surface area contributed by atoms with E-state index in [9.17, 15) is 14.7 Å². The van der Waals surface area contributed by atoms with Crippen molar-refractivity contribution in [2.75, 3.05) is 17.7 Å². The molecule has 1 aromatic heterocycles. The Kier molecular flexibility index (Phi) is 5.40. The van der Waals surface area contributed by atoms with Crippen LogP contribution in [0.4, 0.5) is 27.8 Å². The van der Waals surface area contributed by atoms with Crippen LogP contribution >= 0.6 is 0 Å². The van der Waals surface area contributed by atoms with Crippen molar-refractivity contribution in [1.29, 1.82) is 0 Å². The average molecular weight is 329 g/mol. The van der Waals surface area contributed by atoms with E-state index in [0.29, 0.717) is 0 Å². The van der Waals surface area contributed by atoms with E-state index in [1.54, 1.807) is 18.2 Å². The Morgan fingerprint density at radius 1 is 1.08 bits per heavy atom. The van der Waals surface area contributed by atoms with Crippen molar-refractivity contribution < 1.29 is 19.4 Å². The summed E-state index contributed by atoms with van der Waals surface area (Å²) in [6, 6.07) is 9.40. The molecule has 2 aromatic rings. The third-order valence-electron chi connectivity index (χ3n) is 2.73. The maximum Gasteiger partial charge on any atom is 0.412 e. The number of amides is 2. The largest absolute Gasteiger partial charge is 0.506 e. The van der Waals surface area contributed by atoms with Gasteiger partial charge in [0.2, 0.25) is 5.91 Å². The Labute approximate surface area is 137 Å². The first-order valence-electron chi connectivity index (χ1n) is 6.83. The lowest BCUT2D eigenvalue weighted by atomic mass is 10.3. The zero-order valence-electron chi connectivity index (χ0n) is 13.0. The van der Waals surface area contributed by atoms with E-state index in [2.05, 4.69) is 30.6 Å². The Balaban J connectivity index is 2.32. The molecular formula is C15H15N5O4. The first-order valence-corrected chi connectivity index (χ1v) is 6.83. The molecule has 24 heavy (non-hydrogen) atoms. The van der Waals surface area contributed by atoms with Gasteiger partial charge in [-0.1, -0.05) is 12.1 Å². The third kappa shape index (κ3) is 4.50. The van der Waals surface area contributed by atoms with Gasteiger partial charge < -0.3 is 15.2 Å². The second-order valence-electron chi connectivity index (χ2n) is 4.55. The maximum atomic E-state index is 11.3. The van der Waals surface area contributed by atoms with Crippen molar-refractivity contribution in [3.8, 4) is 5.75 Å². The molecule has 0 aliphatic rings. The van der Waals surface area contributed by atoms with E-state index >= 15 is 0 Å². The number of hydrogen-bond acceptors (Lipinski definition) is 7. The Hall–Kier alpha value is -3.49. The summed E-state index contributed by atoms with van der Waals surface area (Å²) >= 11 is 0. The number of phenolic OH excluding ortho intramolecular Hbond substituents is 1. The van der Waals surface area contributed by atoms with Crippen LogP contribution < -0.4 is 10.6 Å². The number of carbonyl (C=O) groups is 2. The number of benzene rings is 1. The zero-order valence-corrected chi connectivity index (χ0v) is 13.0. The highest BCUT2D eigenvalue weighted by molar-refractivity contribution is 5.91. The predicted molar refractivity (Wildman–Crippen MR) is 86.9 cm³/mol. The van der Waals surface area contributed by atoms with E-state index < -0.39 is 6.09 Å². The lowest BCUT2D eigenvalue weighted by molar-refractivity contribution is -0.114. The summed E-state index contributed by atoms with van der Waals surface area (Å²) < 4.78 is 4.48. The van der Waals surface area contributed by atoms with Crippen LogP contribution in [0, 0.1) is 0 Å². The van der Waals surface area contributed by atoms with E-state index in [1.165, 1.54) is 32.2 Å². The molecule has 0 unspecified atom stereocenters. The highest BCUT2D eigenvalue weighted by atomic mass is 16.5. The standard InChI is InChI=1S/C15H15N5O4/c1-9(21)16-14-11(7-8-13(17-14)18-15(23)24-2)20-19-10-5-3-4-6-12(10)22/h3-8,22H,1-2H3,(H2,16,17,18,21,23). The van der Waals surface area contributed by atoms with Gasteiger partial charge >= 0.3 is 6.09 Å². The average Bonchev–Trinajstić information content (AvgIpc) is 2.55. The van der Waals surface area contributed by atoms with Gasteiger partial charge in [-0.25, -0.2) is 9.78 Å². The number of phenols is 1. The number of anilines is 2. The van der Waals surface area contributed by atoms with Gasteiger partial charge in [0.15, 0.2) is 5.82 Å². The van der Waals surface area contributed by atoms with Gasteiger partial charge in [-0.15, -0.1) is 10.2 Å². The molecule has 9 heteroatoms. The van der Waals surface area contributed by atoms with Gasteiger partial charge in [0.25, 0.3) is 0 Å². The molecule has 2 amide bonds. The van der Waals surface area contributed by atoms with Crippen molar-refractivity contribution in [3.05, 3.63) is 36.4 Å². The number of aromatic hydroxyl groups is 1. The van der Waals surface area contributed by atoms with Crippen LogP contribution in [0.2, 0.25) is 0 Å². The van der Waals surface area contributed by atoms with Gasteiger partial charge in [-0.2, -0.15) is 0 Å². The number of carbonyl (C=O) groups excluding carboxylic acids is 2. The van der Waals surface area contributed by atoms with Crippen LogP contribution in [0.15, 0.2) is 46.6 Å². The smallest absolute Gasteiger partial charge is 0.412 e. The lowest BCUT2D eigenvalue weighted by Crippen LogP contribution is -2.14. The van der Waals surface area contributed by atoms with Crippen LogP contribution in [0.1, 0.15) is 6.92 Å². The molecule has 9 nitrogen and oxygen atoms in total. The fourth-order valence-corrected chi connectivity index (χ4v) is 1.67. The first kappa shape index (κ1) is 16.9. The number of azo groups is 1. The van der Waals surface area contributed by atoms with E-state index in [4.69, 9.17) is 0 Å². The van der Waals surface area contributed by atoms with Crippen LogP contribution in [-0.4, -0.2) is 29.2 Å². The van der Waals surface area contributed by atoms with Gasteiger partial charge in [0.05, 0.1) is 7.11 Å². The van der Waals surface area contributed by atoms with Crippen molar-refractivity contribution in [3.63, 3.8) is 0 Å². The van der Waals surface area contributed by atoms with Crippen LogP contribution in [0.5, 0.6) is 5.75 Å². The van der Waals surface area contributed by atoms with Crippen molar-refractivity contribution in [2.45, 2.75) is 6.92 Å². The summed E-state index contributed by atoms with van der Waals surface area (Å²) in [5.74, 6) is -0.112. The minimum Gasteiger partial charge on any atom is -0.506 e. The SMILES string of the molecule is COC(=O)Nc1ccc(N=Nc2ccccc2O)c(NC(C)=O)n1. The Bertz CT molecular complexity index is 791. The summed E-state index contributed by atoms with van der Waals surface area (Å²) in [4.78, 5) is 26.6. The number of rotatable bonds is 4. The number of ether oxygens (including phenoxy) is 1. The molecule has 0 aliphatic heterocycles. The minimum absolute atomic E-state index is 0.0285. The molecular weight excluding hydrogens is 314 g/mol. The molecule has 1 heterocycles. The van der Waals surface area contributed by atoms with E-state index in [1.807, 2.05) is 0 Å². The maximum absolute atomic E-state index is 11.3. The monoisotopic (exact) mass is 329 g/mol. The molecule has 0 spiro atoms. The van der Waals surface area contributed by atoms with Crippen LogP contribution in [-0.2, 0) is 9.53 Å². The van der Waals surface area contributed by atoms with Crippen molar-refractivity contribution in [1.82, 2.24) is 4.98 Å². The number of nitrogens with zero attached hydrogens (tertiary/aromatic N) is 3. The summed E-state index contributed by atoms with van der Waals surface area (Å²) in [5, 5.41) is 22.4. The van der Waals surface area contributed by atoms with Crippen molar-refractivity contribution >= 4 is 35.0 Å². The van der Waals surface area contributed by atoms with E-state index in [-0.39, 0.29) is 34.7 Å². The number of hydrogen-bond donors (Lipinski definition) is 3. The summed E-state index contributed by atoms with van der Waals surface area (Å²) in [5.41, 5.74) is 0.520. The summed E-state index contributed by atoms with van der Waals surface area (Å²) in [7, 11) is 1.22. The molecule has 0 atom stereocenters. The van der Waals surface area contributed by atoms with Crippen molar-refractivity contribution in [2.24, 2.45) is 10.2 Å². The number of nitrogens with one attached hydrogen (secondary N) is 2. The number of methoxy groups -OCH3 is 1. The molecule has 0 saturated carbocycles. The first-order chi connectivity index (χ1) is 11.5. The molecule has 3 N–H and O–H groups in total. The number of para-hydroxylation sites is 1. The molecule has 0 radical (unpaired) electrons. The van der Waals surface area contributed by atoms with Crippen LogP contribution in [0.3, 0.4) is 0 Å². The zero-order chi connectivity index (χ0) is 17.5. The van der Waals surface area contributed by atoms with Gasteiger partial charge in [0, 0.05) is 6.92 Å². The Morgan fingerprint density at radius 2 is 1.79 bits per heavy atom. The number of pyridine rings is 1.